The predicted octanol–water partition coefficient (Wildman–Crippen LogP) is 5.52. The topological polar surface area (TPSA) is 86.8 Å². The van der Waals surface area contributed by atoms with Gasteiger partial charge in [0.1, 0.15) is 12.6 Å². The molecule has 0 heterocycles. The van der Waals surface area contributed by atoms with Crippen molar-refractivity contribution in [2.75, 3.05) is 10.8 Å². The van der Waals surface area contributed by atoms with E-state index in [-0.39, 0.29) is 39.1 Å². The average molecular weight is 577 g/mol. The maximum atomic E-state index is 13.9. The molecule has 202 valence electrons. The van der Waals surface area contributed by atoms with Gasteiger partial charge in [0.2, 0.25) is 11.8 Å². The summed E-state index contributed by atoms with van der Waals surface area (Å²) in [7, 11) is -4.22. The Bertz CT molecular complexity index is 1360. The molecule has 0 spiro atoms. The van der Waals surface area contributed by atoms with Gasteiger partial charge in [-0.2, -0.15) is 0 Å². The van der Waals surface area contributed by atoms with Gasteiger partial charge in [0.25, 0.3) is 10.0 Å². The number of amides is 2. The number of nitrogens with one attached hydrogen (secondary N) is 1. The van der Waals surface area contributed by atoms with Gasteiger partial charge in [-0.25, -0.2) is 8.42 Å². The van der Waals surface area contributed by atoms with E-state index >= 15 is 0 Å². The van der Waals surface area contributed by atoms with Crippen molar-refractivity contribution in [3.63, 3.8) is 0 Å². The van der Waals surface area contributed by atoms with Crippen molar-refractivity contribution in [1.82, 2.24) is 10.2 Å². The smallest absolute Gasteiger partial charge is 0.264 e. The average Bonchev–Trinajstić information content (AvgIpc) is 2.92. The Morgan fingerprint density at radius 2 is 1.53 bits per heavy atom. The number of carbonyl (C=O) groups excluding carboxylic acids is 2. The molecule has 2 atom stereocenters. The second-order valence-corrected chi connectivity index (χ2v) is 11.6. The molecule has 1 N–H and O–H groups in total. The van der Waals surface area contributed by atoms with Gasteiger partial charge in [-0.1, -0.05) is 78.7 Å². The van der Waals surface area contributed by atoms with Gasteiger partial charge in [0, 0.05) is 17.6 Å². The highest BCUT2D eigenvalue weighted by Gasteiger charge is 2.33. The molecule has 0 fully saturated rings. The zero-order valence-corrected chi connectivity index (χ0v) is 23.8. The van der Waals surface area contributed by atoms with Crippen LogP contribution in [-0.2, 0) is 26.2 Å². The van der Waals surface area contributed by atoms with Crippen LogP contribution in [0.15, 0.2) is 83.8 Å². The van der Waals surface area contributed by atoms with E-state index in [1.165, 1.54) is 35.2 Å². The summed E-state index contributed by atoms with van der Waals surface area (Å²) in [5.74, 6) is -0.905. The van der Waals surface area contributed by atoms with E-state index in [1.54, 1.807) is 25.1 Å². The number of hydrogen-bond donors (Lipinski definition) is 1. The predicted molar refractivity (Wildman–Crippen MR) is 152 cm³/mol. The van der Waals surface area contributed by atoms with E-state index < -0.39 is 28.5 Å². The molecule has 3 aromatic rings. The number of nitrogens with zero attached hydrogens (tertiary/aromatic N) is 2. The molecule has 10 heteroatoms. The third kappa shape index (κ3) is 7.28. The van der Waals surface area contributed by atoms with E-state index in [1.807, 2.05) is 44.2 Å². The van der Waals surface area contributed by atoms with Gasteiger partial charge in [0.15, 0.2) is 0 Å². The van der Waals surface area contributed by atoms with Crippen molar-refractivity contribution in [1.29, 1.82) is 0 Å². The van der Waals surface area contributed by atoms with E-state index in [0.29, 0.717) is 0 Å². The number of rotatable bonds is 11. The van der Waals surface area contributed by atoms with Crippen molar-refractivity contribution >= 4 is 50.7 Å². The van der Waals surface area contributed by atoms with Crippen LogP contribution in [0.5, 0.6) is 0 Å². The van der Waals surface area contributed by atoms with Crippen LogP contribution in [0, 0.1) is 0 Å². The number of halogens is 2. The van der Waals surface area contributed by atoms with E-state index in [4.69, 9.17) is 23.2 Å². The minimum atomic E-state index is -4.22. The first-order valence-corrected chi connectivity index (χ1v) is 14.4. The SMILES string of the molecule is CC[C@H](C)NC(=O)[C@H](C)N(Cc1ccccc1)C(=O)CN(c1cc(Cl)ccc1Cl)S(=O)(=O)c1ccccc1. The quantitative estimate of drug-likeness (QED) is 0.326. The monoisotopic (exact) mass is 575 g/mol. The lowest BCUT2D eigenvalue weighted by Crippen LogP contribution is -2.52. The molecule has 0 bridgehead atoms. The molecule has 7 nitrogen and oxygen atoms in total. The second-order valence-electron chi connectivity index (χ2n) is 8.92. The van der Waals surface area contributed by atoms with Crippen molar-refractivity contribution in [3.05, 3.63) is 94.5 Å². The number of anilines is 1. The Hall–Kier alpha value is -3.07. The van der Waals surface area contributed by atoms with Crippen LogP contribution in [0.3, 0.4) is 0 Å². The summed E-state index contributed by atoms with van der Waals surface area (Å²) in [4.78, 5) is 28.3. The van der Waals surface area contributed by atoms with Gasteiger partial charge in [0.05, 0.1) is 15.6 Å². The van der Waals surface area contributed by atoms with Gasteiger partial charge in [-0.15, -0.1) is 0 Å². The summed E-state index contributed by atoms with van der Waals surface area (Å²) in [6.07, 6.45) is 0.724. The number of benzene rings is 3. The Balaban J connectivity index is 2.04. The molecule has 0 aliphatic heterocycles. The lowest BCUT2D eigenvalue weighted by molar-refractivity contribution is -0.139. The van der Waals surface area contributed by atoms with E-state index in [0.717, 1.165) is 16.3 Å². The molecule has 3 rings (SSSR count). The third-order valence-electron chi connectivity index (χ3n) is 6.15. The molecule has 0 unspecified atom stereocenters. The van der Waals surface area contributed by atoms with E-state index in [9.17, 15) is 18.0 Å². The van der Waals surface area contributed by atoms with Crippen molar-refractivity contribution in [3.8, 4) is 0 Å². The molecular weight excluding hydrogens is 545 g/mol. The Labute approximate surface area is 234 Å². The lowest BCUT2D eigenvalue weighted by Gasteiger charge is -2.32. The minimum absolute atomic E-state index is 0.0130. The van der Waals surface area contributed by atoms with Crippen LogP contribution in [-0.4, -0.2) is 43.8 Å². The Morgan fingerprint density at radius 3 is 2.13 bits per heavy atom. The molecule has 0 aliphatic carbocycles. The molecule has 0 aromatic heterocycles. The first-order valence-electron chi connectivity index (χ1n) is 12.2. The largest absolute Gasteiger partial charge is 0.352 e. The summed E-state index contributed by atoms with van der Waals surface area (Å²) in [6.45, 7) is 4.97. The molecule has 0 saturated carbocycles. The highest BCUT2D eigenvalue weighted by Crippen LogP contribution is 2.33. The fourth-order valence-electron chi connectivity index (χ4n) is 3.74. The van der Waals surface area contributed by atoms with Crippen LogP contribution in [0.2, 0.25) is 10.0 Å². The maximum absolute atomic E-state index is 13.9. The van der Waals surface area contributed by atoms with Crippen LogP contribution in [0.25, 0.3) is 0 Å². The zero-order chi connectivity index (χ0) is 27.9. The summed E-state index contributed by atoms with van der Waals surface area (Å²) in [6, 6.07) is 20.4. The first kappa shape index (κ1) is 29.5. The van der Waals surface area contributed by atoms with Crippen LogP contribution >= 0.6 is 23.2 Å². The molecule has 0 saturated heterocycles. The Morgan fingerprint density at radius 1 is 0.921 bits per heavy atom. The van der Waals surface area contributed by atoms with Gasteiger partial charge in [-0.05, 0) is 56.2 Å². The van der Waals surface area contributed by atoms with Crippen LogP contribution in [0.1, 0.15) is 32.8 Å². The number of sulfonamides is 1. The summed E-state index contributed by atoms with van der Waals surface area (Å²) in [5, 5.41) is 3.27. The minimum Gasteiger partial charge on any atom is -0.352 e. The highest BCUT2D eigenvalue weighted by molar-refractivity contribution is 7.92. The first-order chi connectivity index (χ1) is 18.0. The normalized spacial score (nSPS) is 12.9. The fraction of sp³-hybridized carbons (Fsp3) is 0.286. The van der Waals surface area contributed by atoms with Crippen molar-refractivity contribution in [2.45, 2.75) is 50.7 Å². The highest BCUT2D eigenvalue weighted by atomic mass is 35.5. The summed E-state index contributed by atoms with van der Waals surface area (Å²) >= 11 is 12.6. The molecule has 3 aromatic carbocycles. The second kappa shape index (κ2) is 13.1. The molecular formula is C28H31Cl2N3O4S. The zero-order valence-electron chi connectivity index (χ0n) is 21.5. The third-order valence-corrected chi connectivity index (χ3v) is 8.48. The molecule has 0 radical (unpaired) electrons. The molecule has 0 aliphatic rings. The van der Waals surface area contributed by atoms with Gasteiger partial charge in [-0.3, -0.25) is 13.9 Å². The summed E-state index contributed by atoms with van der Waals surface area (Å²) < 4.78 is 28.5. The van der Waals surface area contributed by atoms with Crippen molar-refractivity contribution in [2.24, 2.45) is 0 Å². The number of carbonyl (C=O) groups is 2. The maximum Gasteiger partial charge on any atom is 0.264 e. The van der Waals surface area contributed by atoms with Gasteiger partial charge >= 0.3 is 0 Å². The van der Waals surface area contributed by atoms with E-state index in [2.05, 4.69) is 5.32 Å². The van der Waals surface area contributed by atoms with Crippen molar-refractivity contribution < 1.29 is 18.0 Å². The molecule has 38 heavy (non-hydrogen) atoms. The molecule has 2 amide bonds. The fourth-order valence-corrected chi connectivity index (χ4v) is 5.62. The number of hydrogen-bond acceptors (Lipinski definition) is 4. The van der Waals surface area contributed by atoms with Crippen LogP contribution in [0.4, 0.5) is 5.69 Å². The van der Waals surface area contributed by atoms with Crippen LogP contribution < -0.4 is 9.62 Å². The summed E-state index contributed by atoms with van der Waals surface area (Å²) in [5.41, 5.74) is 0.857. The Kier molecular flexibility index (Phi) is 10.2. The standard InChI is InChI=1S/C28H31Cl2N3O4S/c1-4-20(2)31-28(35)21(3)32(18-22-11-7-5-8-12-22)27(34)19-33(26-17-23(29)15-16-25(26)30)38(36,37)24-13-9-6-10-14-24/h5-17,20-21H,4,18-19H2,1-3H3,(H,31,35)/t20-,21-/m0/s1. The lowest BCUT2D eigenvalue weighted by atomic mass is 10.1. The van der Waals surface area contributed by atoms with Gasteiger partial charge < -0.3 is 10.2 Å².